The van der Waals surface area contributed by atoms with E-state index in [1.165, 1.54) is 59.1 Å². The first kappa shape index (κ1) is 56.3. The molecule has 10 atom stereocenters. The normalized spacial score (nSPS) is 26.5. The Bertz CT molecular complexity index is 2080. The number of nitrogens with one attached hydrogen (secondary N) is 6. The predicted octanol–water partition coefficient (Wildman–Crippen LogP) is -4.00. The third kappa shape index (κ3) is 16.9. The number of rotatable bonds is 14. The van der Waals surface area contributed by atoms with Gasteiger partial charge in [-0.2, -0.15) is 0 Å². The highest BCUT2D eigenvalue weighted by Crippen LogP contribution is 2.18. The van der Waals surface area contributed by atoms with Crippen LogP contribution in [0.2, 0.25) is 0 Å². The van der Waals surface area contributed by atoms with Gasteiger partial charge in [-0.1, -0.05) is 26.0 Å². The summed E-state index contributed by atoms with van der Waals surface area (Å²) in [6, 6.07) is -6.27. The van der Waals surface area contributed by atoms with E-state index in [0.717, 1.165) is 9.80 Å². The van der Waals surface area contributed by atoms with Crippen molar-refractivity contribution in [1.29, 1.82) is 0 Å². The molecule has 0 radical (unpaired) electrons. The van der Waals surface area contributed by atoms with Gasteiger partial charge in [-0.25, -0.2) is 4.79 Å². The average Bonchev–Trinajstić information content (AvgIpc) is 3.72. The van der Waals surface area contributed by atoms with Gasteiger partial charge in [0, 0.05) is 39.9 Å². The van der Waals surface area contributed by atoms with Crippen LogP contribution in [0.3, 0.4) is 0 Å². The van der Waals surface area contributed by atoms with Gasteiger partial charge in [0.25, 0.3) is 0 Å². The summed E-state index contributed by atoms with van der Waals surface area (Å²) < 4.78 is 5.75. The van der Waals surface area contributed by atoms with Gasteiger partial charge in [0.2, 0.25) is 53.2 Å². The lowest BCUT2D eigenvalue weighted by molar-refractivity contribution is -0.162. The second-order valence-corrected chi connectivity index (χ2v) is 17.7. The molecule has 9 amide bonds. The number of aliphatic imine (C=N–C) groups is 1. The second kappa shape index (κ2) is 25.9. The van der Waals surface area contributed by atoms with Gasteiger partial charge in [-0.05, 0) is 76.5 Å². The number of amides is 9. The number of aromatic hydroxyl groups is 1. The van der Waals surface area contributed by atoms with E-state index in [-0.39, 0.29) is 62.7 Å². The van der Waals surface area contributed by atoms with Crippen LogP contribution in [0.5, 0.6) is 5.75 Å². The topological polar surface area (TPSA) is 389 Å². The van der Waals surface area contributed by atoms with Gasteiger partial charge >= 0.3 is 5.97 Å². The highest BCUT2D eigenvalue weighted by atomic mass is 16.5. The fourth-order valence-corrected chi connectivity index (χ4v) is 7.54. The number of aliphatic hydroxyl groups is 1. The van der Waals surface area contributed by atoms with Crippen molar-refractivity contribution in [1.82, 2.24) is 41.7 Å². The van der Waals surface area contributed by atoms with Crippen LogP contribution in [-0.2, 0) is 59.1 Å². The van der Waals surface area contributed by atoms with Crippen LogP contribution >= 0.6 is 0 Å². The fourth-order valence-electron chi connectivity index (χ4n) is 7.54. The molecular formula is C44H68N12O13. The number of carbonyl (C=O) groups is 10. The number of phenolic OH excluding ortho intramolecular Hbond substituents is 1. The Morgan fingerprint density at radius 1 is 0.812 bits per heavy atom. The summed E-state index contributed by atoms with van der Waals surface area (Å²) in [6.45, 7) is 7.30. The quantitative estimate of drug-likeness (QED) is 0.0366. The maximum atomic E-state index is 14.7. The second-order valence-electron chi connectivity index (χ2n) is 17.7. The lowest BCUT2D eigenvalue weighted by atomic mass is 10.0. The number of primary amides is 1. The number of nitrogens with two attached hydrogens (primary N) is 3. The van der Waals surface area contributed by atoms with Crippen molar-refractivity contribution in [2.75, 3.05) is 20.6 Å². The predicted molar refractivity (Wildman–Crippen MR) is 246 cm³/mol. The molecule has 382 valence electrons. The summed E-state index contributed by atoms with van der Waals surface area (Å²) in [7, 11) is 2.40. The molecule has 2 fully saturated rings. The number of nitrogens with zero attached hydrogens (tertiary/aromatic N) is 3. The van der Waals surface area contributed by atoms with E-state index in [1.54, 1.807) is 13.8 Å². The van der Waals surface area contributed by atoms with Crippen molar-refractivity contribution < 1.29 is 62.9 Å². The number of carbonyl (C=O) groups excluding carboxylic acids is 10. The van der Waals surface area contributed by atoms with Crippen LogP contribution in [-0.4, -0.2) is 166 Å². The molecule has 14 N–H and O–H groups in total. The molecule has 3 rings (SSSR count). The van der Waals surface area contributed by atoms with Gasteiger partial charge in [-0.3, -0.25) is 48.1 Å². The van der Waals surface area contributed by atoms with Crippen LogP contribution in [0.15, 0.2) is 29.3 Å². The summed E-state index contributed by atoms with van der Waals surface area (Å²) in [5, 5.41) is 36.1. The molecule has 2 saturated heterocycles. The van der Waals surface area contributed by atoms with Crippen molar-refractivity contribution in [2.45, 2.75) is 147 Å². The fraction of sp³-hybridized carbons (Fsp3) is 0.614. The van der Waals surface area contributed by atoms with Crippen LogP contribution < -0.4 is 49.1 Å². The van der Waals surface area contributed by atoms with E-state index in [0.29, 0.717) is 5.56 Å². The van der Waals surface area contributed by atoms with Crippen molar-refractivity contribution in [3.05, 3.63) is 29.8 Å². The van der Waals surface area contributed by atoms with Gasteiger partial charge in [0.05, 0.1) is 6.10 Å². The Morgan fingerprint density at radius 3 is 1.99 bits per heavy atom. The molecule has 2 aliphatic rings. The summed E-state index contributed by atoms with van der Waals surface area (Å²) in [5.41, 5.74) is 16.9. The number of cyclic esters (lactones) is 1. The monoisotopic (exact) mass is 973 g/mol. The van der Waals surface area contributed by atoms with E-state index in [9.17, 15) is 58.2 Å². The Kier molecular flexibility index (Phi) is 21.1. The minimum atomic E-state index is -1.84. The van der Waals surface area contributed by atoms with E-state index in [4.69, 9.17) is 21.9 Å². The molecule has 2 heterocycles. The number of hydrogen-bond donors (Lipinski definition) is 11. The number of hydrogen-bond acceptors (Lipinski definition) is 14. The van der Waals surface area contributed by atoms with Gasteiger partial charge in [0.15, 0.2) is 5.96 Å². The van der Waals surface area contributed by atoms with E-state index >= 15 is 0 Å². The Labute approximate surface area is 399 Å². The molecule has 0 aromatic heterocycles. The number of benzene rings is 1. The molecule has 0 unspecified atom stereocenters. The van der Waals surface area contributed by atoms with E-state index in [2.05, 4.69) is 36.9 Å². The standard InChI is InChI=1S/C44H68N12O13/c1-21(2)19-29-39(64)50-27(9-8-18-48-44(46)47)37(62)52-30(20-25-10-12-26(58)13-11-25)41(66)56(7)31(15-16-32(45)59)43(68)69-24(5)35(54-38(63)28-14-17-33(60)49-28)40(65)53-34(23(4)57)42(67)55(6)22(3)36(61)51-29/h10-13,21-24,27-31,34-35,57-58H,8-9,14-20H2,1-7H3,(H2,45,59)(H,49,60)(H,50,64)(H,51,61)(H,52,62)(H,53,65)(H,54,63)(H4,46,47,48)/t22-,23+,24+,27-,28-,29-,30-,31-,34-,35-/m0/s1. The van der Waals surface area contributed by atoms with Gasteiger partial charge in [0.1, 0.15) is 60.2 Å². The minimum Gasteiger partial charge on any atom is -0.508 e. The molecule has 69 heavy (non-hydrogen) atoms. The number of ether oxygens (including phenoxy) is 1. The number of esters is 1. The van der Waals surface area contributed by atoms with Crippen LogP contribution in [0.1, 0.15) is 85.1 Å². The molecular weight excluding hydrogens is 905 g/mol. The average molecular weight is 973 g/mol. The van der Waals surface area contributed by atoms with Gasteiger partial charge in [-0.15, -0.1) is 0 Å². The zero-order valence-electron chi connectivity index (χ0n) is 40.0. The number of guanidine groups is 1. The smallest absolute Gasteiger partial charge is 0.329 e. The van der Waals surface area contributed by atoms with Crippen LogP contribution in [0, 0.1) is 5.92 Å². The highest BCUT2D eigenvalue weighted by molar-refractivity contribution is 5.99. The third-order valence-electron chi connectivity index (χ3n) is 11.7. The molecule has 1 aromatic carbocycles. The first-order chi connectivity index (χ1) is 32.3. The molecule has 0 spiro atoms. The molecule has 1 aromatic rings. The molecule has 2 aliphatic heterocycles. The Morgan fingerprint density at radius 2 is 1.42 bits per heavy atom. The summed E-state index contributed by atoms with van der Waals surface area (Å²) >= 11 is 0. The molecule has 0 bridgehead atoms. The first-order valence-electron chi connectivity index (χ1n) is 22.7. The Balaban J connectivity index is 2.25. The molecule has 0 saturated carbocycles. The largest absolute Gasteiger partial charge is 0.508 e. The maximum Gasteiger partial charge on any atom is 0.329 e. The van der Waals surface area contributed by atoms with Crippen molar-refractivity contribution in [2.24, 2.45) is 28.1 Å². The van der Waals surface area contributed by atoms with Crippen molar-refractivity contribution in [3.63, 3.8) is 0 Å². The molecule has 25 nitrogen and oxygen atoms in total. The first-order valence-corrected chi connectivity index (χ1v) is 22.7. The highest BCUT2D eigenvalue weighted by Gasteiger charge is 2.42. The third-order valence-corrected chi connectivity index (χ3v) is 11.7. The van der Waals surface area contributed by atoms with Gasteiger partial charge < -0.3 is 73.9 Å². The van der Waals surface area contributed by atoms with Crippen molar-refractivity contribution >= 4 is 65.1 Å². The summed E-state index contributed by atoms with van der Waals surface area (Å²) in [4.78, 5) is 143. The zero-order valence-corrected chi connectivity index (χ0v) is 40.0. The number of phenols is 1. The van der Waals surface area contributed by atoms with E-state index in [1.807, 2.05) is 0 Å². The molecule has 25 heteroatoms. The lowest BCUT2D eigenvalue weighted by Crippen LogP contribution is -2.63. The van der Waals surface area contributed by atoms with Crippen molar-refractivity contribution in [3.8, 4) is 5.75 Å². The van der Waals surface area contributed by atoms with E-state index < -0.39 is 133 Å². The van der Waals surface area contributed by atoms with Crippen LogP contribution in [0.4, 0.5) is 0 Å². The zero-order chi connectivity index (χ0) is 51.9. The lowest BCUT2D eigenvalue weighted by Gasteiger charge is -2.34. The maximum absolute atomic E-state index is 14.7. The van der Waals surface area contributed by atoms with Crippen LogP contribution in [0.25, 0.3) is 0 Å². The SMILES string of the molecule is CC(C)C[C@@H]1NC(=O)[C@H](C)N(C)C(=O)[C@H]([C@@H](C)O)NC(=O)[C@@H](NC(=O)[C@@H]2CCC(=O)N2)[C@@H](C)OC(=O)[C@H](CCC(N)=O)N(C)C(=O)[C@H](Cc2ccc(O)cc2)NC(=O)[C@H](CCCN=C(N)N)NC1=O. The summed E-state index contributed by atoms with van der Waals surface area (Å²) in [6.07, 6.45) is -4.28. The minimum absolute atomic E-state index is 0.00470. The number of likely N-dealkylation sites (N-methyl/N-ethyl adjacent to an activating group) is 2. The number of aliphatic hydroxyl groups excluding tert-OH is 1. The molecule has 0 aliphatic carbocycles. The Hall–Kier alpha value is -7.05. The summed E-state index contributed by atoms with van der Waals surface area (Å²) in [5.74, 6) is -9.53.